The standard InChI is InChI=1S/C23H29ClO6/c1-4-19-20(25)21(26)22(27)23(28-3,30-19)16-8-11-18(24)15(13-16)12-14-6-9-17(10-7-14)29-5-2/h6-11,13,19-22,25-27H,4-5,12H2,1-3H3/t19-,20-,21+,22-,23+/m1/s1. The SMILES string of the molecule is CCOc1ccc(Cc2cc([C@]3(OC)O[C@H](CC)[C@@H](O)[C@H](O)[C@H]3O)ccc2Cl)cc1. The van der Waals surface area contributed by atoms with Gasteiger partial charge in [0.05, 0.1) is 12.7 Å². The zero-order valence-corrected chi connectivity index (χ0v) is 18.2. The lowest BCUT2D eigenvalue weighted by molar-refractivity contribution is -0.363. The highest BCUT2D eigenvalue weighted by Crippen LogP contribution is 2.41. The molecular weight excluding hydrogens is 408 g/mol. The smallest absolute Gasteiger partial charge is 0.224 e. The van der Waals surface area contributed by atoms with E-state index >= 15 is 0 Å². The number of ether oxygens (including phenoxy) is 3. The van der Waals surface area contributed by atoms with Crippen molar-refractivity contribution in [3.05, 3.63) is 64.2 Å². The highest BCUT2D eigenvalue weighted by Gasteiger charge is 2.54. The van der Waals surface area contributed by atoms with Crippen molar-refractivity contribution in [1.29, 1.82) is 0 Å². The number of halogens is 1. The van der Waals surface area contributed by atoms with Crippen molar-refractivity contribution in [3.63, 3.8) is 0 Å². The number of aliphatic hydroxyl groups excluding tert-OH is 3. The molecule has 7 heteroatoms. The van der Waals surface area contributed by atoms with E-state index < -0.39 is 30.2 Å². The molecule has 0 aliphatic carbocycles. The van der Waals surface area contributed by atoms with Crippen LogP contribution in [-0.2, 0) is 21.7 Å². The molecule has 0 amide bonds. The minimum Gasteiger partial charge on any atom is -0.494 e. The predicted octanol–water partition coefficient (Wildman–Crippen LogP) is 3.02. The maximum atomic E-state index is 10.7. The molecule has 30 heavy (non-hydrogen) atoms. The van der Waals surface area contributed by atoms with Crippen molar-refractivity contribution in [3.8, 4) is 5.75 Å². The van der Waals surface area contributed by atoms with Gasteiger partial charge in [0, 0.05) is 17.7 Å². The lowest BCUT2D eigenvalue weighted by Gasteiger charge is -2.48. The molecule has 0 bridgehead atoms. The second-order valence-electron chi connectivity index (χ2n) is 7.42. The van der Waals surface area contributed by atoms with E-state index in [1.807, 2.05) is 44.2 Å². The maximum Gasteiger partial charge on any atom is 0.224 e. The van der Waals surface area contributed by atoms with Crippen LogP contribution in [0.3, 0.4) is 0 Å². The summed E-state index contributed by atoms with van der Waals surface area (Å²) >= 11 is 6.44. The van der Waals surface area contributed by atoms with Crippen LogP contribution in [0.25, 0.3) is 0 Å². The van der Waals surface area contributed by atoms with Crippen molar-refractivity contribution in [2.45, 2.75) is 56.9 Å². The van der Waals surface area contributed by atoms with E-state index in [2.05, 4.69) is 0 Å². The Bertz CT molecular complexity index is 840. The Labute approximate surface area is 182 Å². The Morgan fingerprint density at radius 3 is 2.33 bits per heavy atom. The van der Waals surface area contributed by atoms with Gasteiger partial charge in [-0.3, -0.25) is 0 Å². The van der Waals surface area contributed by atoms with Crippen LogP contribution in [0, 0.1) is 0 Å². The van der Waals surface area contributed by atoms with Gasteiger partial charge in [-0.15, -0.1) is 0 Å². The van der Waals surface area contributed by atoms with Crippen molar-refractivity contribution in [1.82, 2.24) is 0 Å². The Morgan fingerprint density at radius 1 is 1.03 bits per heavy atom. The molecule has 1 heterocycles. The molecule has 1 fully saturated rings. The molecule has 3 rings (SSSR count). The van der Waals surface area contributed by atoms with Crippen LogP contribution in [0.1, 0.15) is 37.0 Å². The number of rotatable bonds is 7. The van der Waals surface area contributed by atoms with E-state index in [-0.39, 0.29) is 0 Å². The first-order valence-electron chi connectivity index (χ1n) is 10.1. The van der Waals surface area contributed by atoms with Crippen LogP contribution in [-0.4, -0.2) is 53.5 Å². The van der Waals surface area contributed by atoms with E-state index in [9.17, 15) is 15.3 Å². The Balaban J connectivity index is 1.94. The van der Waals surface area contributed by atoms with Gasteiger partial charge in [-0.2, -0.15) is 0 Å². The van der Waals surface area contributed by atoms with Gasteiger partial charge in [0.25, 0.3) is 0 Å². The average Bonchev–Trinajstić information content (AvgIpc) is 2.76. The largest absolute Gasteiger partial charge is 0.494 e. The molecular formula is C23H29ClO6. The fourth-order valence-electron chi connectivity index (χ4n) is 3.86. The molecule has 1 saturated heterocycles. The first kappa shape index (κ1) is 23.0. The highest BCUT2D eigenvalue weighted by atomic mass is 35.5. The second kappa shape index (κ2) is 9.64. The molecule has 6 nitrogen and oxygen atoms in total. The number of hydrogen-bond acceptors (Lipinski definition) is 6. The van der Waals surface area contributed by atoms with Gasteiger partial charge in [0.15, 0.2) is 0 Å². The number of hydrogen-bond donors (Lipinski definition) is 3. The summed E-state index contributed by atoms with van der Waals surface area (Å²) in [5.41, 5.74) is 2.38. The summed E-state index contributed by atoms with van der Waals surface area (Å²) in [6.07, 6.45) is -3.77. The Morgan fingerprint density at radius 2 is 1.73 bits per heavy atom. The van der Waals surface area contributed by atoms with Crippen molar-refractivity contribution >= 4 is 11.6 Å². The van der Waals surface area contributed by atoms with E-state index in [1.165, 1.54) is 7.11 Å². The van der Waals surface area contributed by atoms with Crippen LogP contribution in [0.2, 0.25) is 5.02 Å². The van der Waals surface area contributed by atoms with Gasteiger partial charge >= 0.3 is 0 Å². The molecule has 5 atom stereocenters. The van der Waals surface area contributed by atoms with Crippen LogP contribution in [0.15, 0.2) is 42.5 Å². The fourth-order valence-corrected chi connectivity index (χ4v) is 4.05. The van der Waals surface area contributed by atoms with E-state index in [0.717, 1.165) is 16.9 Å². The molecule has 0 saturated carbocycles. The molecule has 0 spiro atoms. The third kappa shape index (κ3) is 4.35. The van der Waals surface area contributed by atoms with Gasteiger partial charge in [-0.25, -0.2) is 0 Å². The number of aliphatic hydroxyl groups is 3. The fraction of sp³-hybridized carbons (Fsp3) is 0.478. The Kier molecular flexibility index (Phi) is 7.39. The van der Waals surface area contributed by atoms with Gasteiger partial charge < -0.3 is 29.5 Å². The van der Waals surface area contributed by atoms with Crippen LogP contribution >= 0.6 is 11.6 Å². The maximum absolute atomic E-state index is 10.7. The third-order valence-corrected chi connectivity index (χ3v) is 5.92. The van der Waals surface area contributed by atoms with Crippen molar-refractivity contribution < 1.29 is 29.5 Å². The van der Waals surface area contributed by atoms with Gasteiger partial charge in [0.1, 0.15) is 24.1 Å². The molecule has 0 radical (unpaired) electrons. The molecule has 3 N–H and O–H groups in total. The summed E-state index contributed by atoms with van der Waals surface area (Å²) < 4.78 is 17.1. The first-order valence-corrected chi connectivity index (χ1v) is 10.5. The minimum absolute atomic E-state index is 0.447. The molecule has 2 aromatic rings. The van der Waals surface area contributed by atoms with Gasteiger partial charge in [-0.1, -0.05) is 36.7 Å². The van der Waals surface area contributed by atoms with E-state index in [4.69, 9.17) is 25.8 Å². The van der Waals surface area contributed by atoms with Gasteiger partial charge in [-0.05, 0) is 55.2 Å². The van der Waals surface area contributed by atoms with Gasteiger partial charge in [0.2, 0.25) is 5.79 Å². The van der Waals surface area contributed by atoms with Crippen LogP contribution in [0.4, 0.5) is 0 Å². The number of benzene rings is 2. The molecule has 1 aliphatic rings. The summed E-state index contributed by atoms with van der Waals surface area (Å²) in [5.74, 6) is -0.811. The molecule has 2 aromatic carbocycles. The topological polar surface area (TPSA) is 88.4 Å². The summed E-state index contributed by atoms with van der Waals surface area (Å²) in [6.45, 7) is 4.37. The molecule has 1 aliphatic heterocycles. The third-order valence-electron chi connectivity index (χ3n) is 5.55. The molecule has 0 aromatic heterocycles. The molecule has 164 valence electrons. The van der Waals surface area contributed by atoms with Crippen LogP contribution in [0.5, 0.6) is 5.75 Å². The van der Waals surface area contributed by atoms with Crippen molar-refractivity contribution in [2.24, 2.45) is 0 Å². The van der Waals surface area contributed by atoms with Crippen LogP contribution < -0.4 is 4.74 Å². The average molecular weight is 437 g/mol. The highest BCUT2D eigenvalue weighted by molar-refractivity contribution is 6.31. The predicted molar refractivity (Wildman–Crippen MR) is 114 cm³/mol. The number of methoxy groups -OCH3 is 1. The van der Waals surface area contributed by atoms with E-state index in [0.29, 0.717) is 30.0 Å². The minimum atomic E-state index is -1.61. The van der Waals surface area contributed by atoms with Crippen molar-refractivity contribution in [2.75, 3.05) is 13.7 Å². The Hall–Kier alpha value is -1.67. The zero-order chi connectivity index (χ0) is 21.9. The van der Waals surface area contributed by atoms with E-state index in [1.54, 1.807) is 12.1 Å². The summed E-state index contributed by atoms with van der Waals surface area (Å²) in [4.78, 5) is 0. The summed E-state index contributed by atoms with van der Waals surface area (Å²) in [7, 11) is 1.40. The normalized spacial score (nSPS) is 29.0. The lowest BCUT2D eigenvalue weighted by Crippen LogP contribution is -2.63. The summed E-state index contributed by atoms with van der Waals surface area (Å²) in [6, 6.07) is 13.0. The first-order chi connectivity index (χ1) is 14.4. The molecule has 0 unspecified atom stereocenters. The second-order valence-corrected chi connectivity index (χ2v) is 7.83. The monoisotopic (exact) mass is 436 g/mol. The summed E-state index contributed by atoms with van der Waals surface area (Å²) in [5, 5.41) is 31.9. The lowest BCUT2D eigenvalue weighted by atomic mass is 9.86. The quantitative estimate of drug-likeness (QED) is 0.618. The zero-order valence-electron chi connectivity index (χ0n) is 17.4.